The van der Waals surface area contributed by atoms with Crippen molar-refractivity contribution in [3.63, 3.8) is 0 Å². The van der Waals surface area contributed by atoms with Crippen molar-refractivity contribution in [3.05, 3.63) is 35.1 Å². The second-order valence-electron chi connectivity index (χ2n) is 5.00. The molecule has 0 radical (unpaired) electrons. The van der Waals surface area contributed by atoms with Gasteiger partial charge in [-0.15, -0.1) is 0 Å². The Balaban J connectivity index is 2.17. The molecule has 1 unspecified atom stereocenters. The average molecular weight is 286 g/mol. The van der Waals surface area contributed by atoms with E-state index < -0.39 is 23.4 Å². The fourth-order valence-electron chi connectivity index (χ4n) is 2.44. The van der Waals surface area contributed by atoms with Crippen LogP contribution in [0.25, 0.3) is 0 Å². The predicted molar refractivity (Wildman–Crippen MR) is 68.9 cm³/mol. The number of hydrogen-bond acceptors (Lipinski definition) is 2. The number of carbonyl (C=O) groups is 1. The average Bonchev–Trinajstić information content (AvgIpc) is 2.71. The van der Waals surface area contributed by atoms with Gasteiger partial charge in [0.25, 0.3) is 5.91 Å². The van der Waals surface area contributed by atoms with Crippen molar-refractivity contribution in [2.45, 2.75) is 25.3 Å². The summed E-state index contributed by atoms with van der Waals surface area (Å²) < 4.78 is 39.3. The van der Waals surface area contributed by atoms with Crippen molar-refractivity contribution in [2.24, 2.45) is 0 Å². The molecule has 0 bridgehead atoms. The normalized spacial score (nSPS) is 19.5. The summed E-state index contributed by atoms with van der Waals surface area (Å²) in [6.45, 7) is 1.70. The van der Waals surface area contributed by atoms with E-state index in [9.17, 15) is 18.0 Å². The van der Waals surface area contributed by atoms with Crippen LogP contribution in [0.4, 0.5) is 13.2 Å². The van der Waals surface area contributed by atoms with Crippen LogP contribution < -0.4 is 5.32 Å². The van der Waals surface area contributed by atoms with Crippen molar-refractivity contribution >= 4 is 5.91 Å². The summed E-state index contributed by atoms with van der Waals surface area (Å²) in [7, 11) is 1.61. The quantitative estimate of drug-likeness (QED) is 0.846. The maximum Gasteiger partial charge on any atom is 0.254 e. The summed E-state index contributed by atoms with van der Waals surface area (Å²) in [4.78, 5) is 13.7. The van der Waals surface area contributed by atoms with E-state index in [1.165, 1.54) is 4.90 Å². The first-order valence-electron chi connectivity index (χ1n) is 6.63. The van der Waals surface area contributed by atoms with Crippen molar-refractivity contribution in [1.29, 1.82) is 0 Å². The summed E-state index contributed by atoms with van der Waals surface area (Å²) in [5.74, 6) is -4.73. The third-order valence-corrected chi connectivity index (χ3v) is 3.64. The number of benzene rings is 1. The number of carbonyl (C=O) groups excluding carboxylic acids is 1. The van der Waals surface area contributed by atoms with Gasteiger partial charge in [0.15, 0.2) is 17.5 Å². The fraction of sp³-hybridized carbons (Fsp3) is 0.500. The van der Waals surface area contributed by atoms with Gasteiger partial charge in [-0.2, -0.15) is 0 Å². The molecule has 20 heavy (non-hydrogen) atoms. The Hall–Kier alpha value is -1.56. The van der Waals surface area contributed by atoms with Gasteiger partial charge in [-0.25, -0.2) is 13.2 Å². The minimum Gasteiger partial charge on any atom is -0.339 e. The molecule has 0 spiro atoms. The number of nitrogens with one attached hydrogen (secondary N) is 1. The number of rotatable bonds is 2. The van der Waals surface area contributed by atoms with Crippen molar-refractivity contribution < 1.29 is 18.0 Å². The van der Waals surface area contributed by atoms with E-state index in [0.717, 1.165) is 44.5 Å². The van der Waals surface area contributed by atoms with E-state index >= 15 is 0 Å². The van der Waals surface area contributed by atoms with Gasteiger partial charge in [0.05, 0.1) is 0 Å². The van der Waals surface area contributed by atoms with Crippen LogP contribution in [0.2, 0.25) is 0 Å². The van der Waals surface area contributed by atoms with Crippen LogP contribution in [0.15, 0.2) is 12.1 Å². The van der Waals surface area contributed by atoms with E-state index in [4.69, 9.17) is 0 Å². The Bertz CT molecular complexity index is 476. The van der Waals surface area contributed by atoms with Crippen LogP contribution in [0.1, 0.15) is 29.6 Å². The molecule has 1 N–H and O–H groups in total. The standard InChI is InChI=1S/C14H17F3N2O/c1-19(10-3-2-5-18-6-4-10)14(20)9-7-11(15)13(17)12(16)8-9/h7-8,10,18H,2-6H2,1H3. The molecular formula is C14H17F3N2O. The first-order valence-corrected chi connectivity index (χ1v) is 6.63. The molecule has 1 atom stereocenters. The molecule has 1 heterocycles. The van der Waals surface area contributed by atoms with Crippen LogP contribution in [-0.4, -0.2) is 37.0 Å². The first kappa shape index (κ1) is 14.8. The van der Waals surface area contributed by atoms with Crippen LogP contribution >= 0.6 is 0 Å². The summed E-state index contributed by atoms with van der Waals surface area (Å²) in [6.07, 6.45) is 2.56. The zero-order valence-electron chi connectivity index (χ0n) is 11.3. The second-order valence-corrected chi connectivity index (χ2v) is 5.00. The van der Waals surface area contributed by atoms with Crippen LogP contribution in [0.3, 0.4) is 0 Å². The van der Waals surface area contributed by atoms with Gasteiger partial charge in [-0.3, -0.25) is 4.79 Å². The number of halogens is 3. The molecule has 3 nitrogen and oxygen atoms in total. The SMILES string of the molecule is CN(C(=O)c1cc(F)c(F)c(F)c1)C1CCCNCC1. The molecule has 1 saturated heterocycles. The molecule has 2 rings (SSSR count). The second kappa shape index (κ2) is 6.26. The van der Waals surface area contributed by atoms with Crippen LogP contribution in [0, 0.1) is 17.5 Å². The molecule has 6 heteroatoms. The van der Waals surface area contributed by atoms with Crippen LogP contribution in [0.5, 0.6) is 0 Å². The highest BCUT2D eigenvalue weighted by atomic mass is 19.2. The Labute approximate surface area is 115 Å². The highest BCUT2D eigenvalue weighted by molar-refractivity contribution is 5.94. The fourth-order valence-corrected chi connectivity index (χ4v) is 2.44. The first-order chi connectivity index (χ1) is 9.50. The highest BCUT2D eigenvalue weighted by Crippen LogP contribution is 2.18. The third-order valence-electron chi connectivity index (χ3n) is 3.64. The Morgan fingerprint density at radius 2 is 1.85 bits per heavy atom. The van der Waals surface area contributed by atoms with E-state index in [-0.39, 0.29) is 11.6 Å². The molecule has 0 saturated carbocycles. The lowest BCUT2D eigenvalue weighted by Gasteiger charge is -2.27. The molecule has 0 aliphatic carbocycles. The molecule has 1 aliphatic rings. The Morgan fingerprint density at radius 3 is 2.50 bits per heavy atom. The number of amides is 1. The molecule has 1 aliphatic heterocycles. The van der Waals surface area contributed by atoms with E-state index in [0.29, 0.717) is 0 Å². The molecule has 1 amide bonds. The topological polar surface area (TPSA) is 32.3 Å². The van der Waals surface area contributed by atoms with Crippen molar-refractivity contribution in [2.75, 3.05) is 20.1 Å². The minimum atomic E-state index is -1.55. The Kier molecular flexibility index (Phi) is 4.65. The summed E-state index contributed by atoms with van der Waals surface area (Å²) in [5, 5.41) is 3.23. The van der Waals surface area contributed by atoms with Crippen molar-refractivity contribution in [1.82, 2.24) is 10.2 Å². The van der Waals surface area contributed by atoms with Gasteiger partial charge in [0.1, 0.15) is 0 Å². The molecule has 0 aromatic heterocycles. The summed E-state index contributed by atoms with van der Waals surface area (Å²) in [5.41, 5.74) is -0.166. The largest absolute Gasteiger partial charge is 0.339 e. The predicted octanol–water partition coefficient (Wildman–Crippen LogP) is 2.32. The monoisotopic (exact) mass is 286 g/mol. The molecular weight excluding hydrogens is 269 g/mol. The van der Waals surface area contributed by atoms with Gasteiger partial charge < -0.3 is 10.2 Å². The molecule has 1 aromatic rings. The smallest absolute Gasteiger partial charge is 0.254 e. The Morgan fingerprint density at radius 1 is 1.20 bits per heavy atom. The van der Waals surface area contributed by atoms with E-state index in [2.05, 4.69) is 5.32 Å². The lowest BCUT2D eigenvalue weighted by molar-refractivity contribution is 0.0719. The van der Waals surface area contributed by atoms with Gasteiger partial charge in [-0.05, 0) is 44.5 Å². The summed E-state index contributed by atoms with van der Waals surface area (Å²) >= 11 is 0. The third kappa shape index (κ3) is 3.12. The van der Waals surface area contributed by atoms with Gasteiger partial charge in [-0.1, -0.05) is 0 Å². The maximum atomic E-state index is 13.2. The van der Waals surface area contributed by atoms with Crippen molar-refractivity contribution in [3.8, 4) is 0 Å². The molecule has 1 aromatic carbocycles. The van der Waals surface area contributed by atoms with Gasteiger partial charge in [0, 0.05) is 18.7 Å². The molecule has 110 valence electrons. The number of hydrogen-bond donors (Lipinski definition) is 1. The van der Waals surface area contributed by atoms with Gasteiger partial charge >= 0.3 is 0 Å². The lowest BCUT2D eigenvalue weighted by atomic mass is 10.1. The summed E-state index contributed by atoms with van der Waals surface area (Å²) in [6, 6.07) is 1.51. The lowest BCUT2D eigenvalue weighted by Crippen LogP contribution is -2.37. The van der Waals surface area contributed by atoms with E-state index in [1.807, 2.05) is 0 Å². The van der Waals surface area contributed by atoms with E-state index in [1.54, 1.807) is 7.05 Å². The molecule has 1 fully saturated rings. The van der Waals surface area contributed by atoms with Gasteiger partial charge in [0.2, 0.25) is 0 Å². The zero-order chi connectivity index (χ0) is 14.7. The highest BCUT2D eigenvalue weighted by Gasteiger charge is 2.24. The number of nitrogens with zero attached hydrogens (tertiary/aromatic N) is 1. The maximum absolute atomic E-state index is 13.2. The minimum absolute atomic E-state index is 0.0219. The van der Waals surface area contributed by atoms with Crippen LogP contribution in [-0.2, 0) is 0 Å². The zero-order valence-corrected chi connectivity index (χ0v) is 11.3.